The molecule has 1 heterocycles. The second-order valence-corrected chi connectivity index (χ2v) is 4.56. The highest BCUT2D eigenvalue weighted by Crippen LogP contribution is 2.30. The third-order valence-corrected chi connectivity index (χ3v) is 3.13. The fraction of sp³-hybridized carbons (Fsp3) is 0.533. The molecule has 1 N–H and O–H groups in total. The number of benzene rings is 1. The monoisotopic (exact) mass is 262 g/mol. The molecule has 1 aliphatic heterocycles. The van der Waals surface area contributed by atoms with E-state index in [4.69, 9.17) is 9.47 Å². The molecule has 0 amide bonds. The lowest BCUT2D eigenvalue weighted by Crippen LogP contribution is -2.11. The quantitative estimate of drug-likeness (QED) is 0.903. The topological polar surface area (TPSA) is 42.8 Å². The fourth-order valence-electron chi connectivity index (χ4n) is 2.16. The molecule has 0 radical (unpaired) electrons. The van der Waals surface area contributed by atoms with Gasteiger partial charge in [0.25, 0.3) is 0 Å². The Balaban J connectivity index is 2.09. The van der Waals surface area contributed by atoms with Crippen LogP contribution in [0, 0.1) is 0 Å². The van der Waals surface area contributed by atoms with E-state index < -0.39 is 0 Å². The van der Waals surface area contributed by atoms with E-state index in [1.54, 1.807) is 7.11 Å². The Morgan fingerprint density at radius 2 is 2.11 bits per heavy atom. The predicted octanol–water partition coefficient (Wildman–Crippen LogP) is 3.48. The van der Waals surface area contributed by atoms with Gasteiger partial charge in [0.05, 0.1) is 13.7 Å². The molecule has 1 aliphatic rings. The number of hydrogen-bond acceptors (Lipinski definition) is 4. The SMILES string of the molecule is CCOc1ccc(NC2=NCCCCC2)cc1OC. The second kappa shape index (κ2) is 7.02. The summed E-state index contributed by atoms with van der Waals surface area (Å²) in [5.74, 6) is 2.60. The van der Waals surface area contributed by atoms with Gasteiger partial charge in [-0.15, -0.1) is 0 Å². The van der Waals surface area contributed by atoms with E-state index in [-0.39, 0.29) is 0 Å². The van der Waals surface area contributed by atoms with Gasteiger partial charge in [0.1, 0.15) is 5.84 Å². The summed E-state index contributed by atoms with van der Waals surface area (Å²) in [6, 6.07) is 5.89. The molecule has 0 aromatic heterocycles. The van der Waals surface area contributed by atoms with E-state index >= 15 is 0 Å². The number of hydrogen-bond donors (Lipinski definition) is 1. The lowest BCUT2D eigenvalue weighted by molar-refractivity contribution is 0.311. The van der Waals surface area contributed by atoms with Gasteiger partial charge in [-0.1, -0.05) is 6.42 Å². The average Bonchev–Trinajstić information content (AvgIpc) is 2.69. The van der Waals surface area contributed by atoms with Crippen LogP contribution in [0.3, 0.4) is 0 Å². The Morgan fingerprint density at radius 3 is 2.89 bits per heavy atom. The van der Waals surface area contributed by atoms with Gasteiger partial charge in [-0.2, -0.15) is 0 Å². The molecule has 2 rings (SSSR count). The molecule has 19 heavy (non-hydrogen) atoms. The number of ether oxygens (including phenoxy) is 2. The van der Waals surface area contributed by atoms with Crippen molar-refractivity contribution in [1.82, 2.24) is 0 Å². The van der Waals surface area contributed by atoms with Crippen molar-refractivity contribution >= 4 is 11.5 Å². The highest BCUT2D eigenvalue weighted by atomic mass is 16.5. The molecule has 0 spiro atoms. The smallest absolute Gasteiger partial charge is 0.162 e. The Hall–Kier alpha value is -1.71. The summed E-state index contributed by atoms with van der Waals surface area (Å²) in [5.41, 5.74) is 1.00. The van der Waals surface area contributed by atoms with Crippen LogP contribution in [0.1, 0.15) is 32.6 Å². The first-order valence-corrected chi connectivity index (χ1v) is 6.94. The first kappa shape index (κ1) is 13.7. The number of nitrogens with zero attached hydrogens (tertiary/aromatic N) is 1. The molecule has 0 fully saturated rings. The first-order valence-electron chi connectivity index (χ1n) is 6.94. The number of rotatable bonds is 4. The summed E-state index contributed by atoms with van der Waals surface area (Å²) < 4.78 is 10.9. The molecule has 4 nitrogen and oxygen atoms in total. The van der Waals surface area contributed by atoms with Crippen LogP contribution in [0.5, 0.6) is 11.5 Å². The zero-order valence-electron chi connectivity index (χ0n) is 11.7. The van der Waals surface area contributed by atoms with Gasteiger partial charge in [0.2, 0.25) is 0 Å². The maximum Gasteiger partial charge on any atom is 0.162 e. The van der Waals surface area contributed by atoms with Gasteiger partial charge in [-0.05, 0) is 31.9 Å². The number of nitrogens with one attached hydrogen (secondary N) is 1. The van der Waals surface area contributed by atoms with Gasteiger partial charge in [-0.25, -0.2) is 0 Å². The van der Waals surface area contributed by atoms with E-state index in [2.05, 4.69) is 10.3 Å². The van der Waals surface area contributed by atoms with Gasteiger partial charge >= 0.3 is 0 Å². The first-order chi connectivity index (χ1) is 9.33. The van der Waals surface area contributed by atoms with Crippen LogP contribution >= 0.6 is 0 Å². The summed E-state index contributed by atoms with van der Waals surface area (Å²) in [7, 11) is 1.66. The summed E-state index contributed by atoms with van der Waals surface area (Å²) in [4.78, 5) is 4.57. The largest absolute Gasteiger partial charge is 0.493 e. The molecule has 0 saturated heterocycles. The van der Waals surface area contributed by atoms with E-state index in [1.807, 2.05) is 25.1 Å². The number of amidine groups is 1. The van der Waals surface area contributed by atoms with Crippen LogP contribution in [-0.4, -0.2) is 26.1 Å². The van der Waals surface area contributed by atoms with Crippen molar-refractivity contribution in [3.05, 3.63) is 18.2 Å². The van der Waals surface area contributed by atoms with Crippen molar-refractivity contribution in [2.75, 3.05) is 25.6 Å². The Morgan fingerprint density at radius 1 is 1.21 bits per heavy atom. The van der Waals surface area contributed by atoms with E-state index in [1.165, 1.54) is 19.3 Å². The molecule has 0 aliphatic carbocycles. The molecule has 1 aromatic rings. The second-order valence-electron chi connectivity index (χ2n) is 4.56. The zero-order chi connectivity index (χ0) is 13.5. The summed E-state index contributed by atoms with van der Waals surface area (Å²) in [6.45, 7) is 3.53. The standard InChI is InChI=1S/C15H22N2O2/c1-3-19-13-9-8-12(11-14(13)18-2)17-15-7-5-4-6-10-16-15/h8-9,11H,3-7,10H2,1-2H3,(H,16,17). The zero-order valence-corrected chi connectivity index (χ0v) is 11.7. The average molecular weight is 262 g/mol. The Labute approximate surface area is 114 Å². The minimum absolute atomic E-state index is 0.635. The molecular weight excluding hydrogens is 240 g/mol. The summed E-state index contributed by atoms with van der Waals surface area (Å²) >= 11 is 0. The molecule has 0 unspecified atom stereocenters. The molecule has 0 bridgehead atoms. The Kier molecular flexibility index (Phi) is 5.07. The third kappa shape index (κ3) is 3.88. The van der Waals surface area contributed by atoms with E-state index in [0.29, 0.717) is 6.61 Å². The van der Waals surface area contributed by atoms with Crippen molar-refractivity contribution in [2.24, 2.45) is 4.99 Å². The number of anilines is 1. The molecular formula is C15H22N2O2. The fourth-order valence-corrected chi connectivity index (χ4v) is 2.16. The maximum absolute atomic E-state index is 5.51. The predicted molar refractivity (Wildman–Crippen MR) is 78.6 cm³/mol. The van der Waals surface area contributed by atoms with E-state index in [0.717, 1.165) is 36.0 Å². The lowest BCUT2D eigenvalue weighted by Gasteiger charge is -2.13. The van der Waals surface area contributed by atoms with Crippen LogP contribution in [0.25, 0.3) is 0 Å². The number of methoxy groups -OCH3 is 1. The maximum atomic E-state index is 5.51. The van der Waals surface area contributed by atoms with Gasteiger partial charge in [0, 0.05) is 24.7 Å². The van der Waals surface area contributed by atoms with Crippen LogP contribution in [0.2, 0.25) is 0 Å². The highest BCUT2D eigenvalue weighted by Gasteiger charge is 2.08. The van der Waals surface area contributed by atoms with Gasteiger partial charge < -0.3 is 14.8 Å². The minimum atomic E-state index is 0.635. The Bertz CT molecular complexity index is 444. The molecule has 104 valence electrons. The van der Waals surface area contributed by atoms with Crippen LogP contribution in [-0.2, 0) is 0 Å². The molecule has 0 atom stereocenters. The third-order valence-electron chi connectivity index (χ3n) is 3.13. The van der Waals surface area contributed by atoms with Crippen LogP contribution in [0.15, 0.2) is 23.2 Å². The highest BCUT2D eigenvalue weighted by molar-refractivity contribution is 5.95. The van der Waals surface area contributed by atoms with Crippen LogP contribution < -0.4 is 14.8 Å². The van der Waals surface area contributed by atoms with Crippen molar-refractivity contribution in [3.63, 3.8) is 0 Å². The normalized spacial score (nSPS) is 15.4. The minimum Gasteiger partial charge on any atom is -0.493 e. The molecule has 4 heteroatoms. The lowest BCUT2D eigenvalue weighted by atomic mass is 10.2. The molecule has 0 saturated carbocycles. The van der Waals surface area contributed by atoms with Crippen molar-refractivity contribution in [3.8, 4) is 11.5 Å². The molecule has 1 aromatic carbocycles. The van der Waals surface area contributed by atoms with Gasteiger partial charge in [0.15, 0.2) is 11.5 Å². The summed E-state index contributed by atoms with van der Waals surface area (Å²) in [5, 5.41) is 3.38. The van der Waals surface area contributed by atoms with Crippen molar-refractivity contribution < 1.29 is 9.47 Å². The van der Waals surface area contributed by atoms with Crippen molar-refractivity contribution in [1.29, 1.82) is 0 Å². The van der Waals surface area contributed by atoms with Gasteiger partial charge in [-0.3, -0.25) is 4.99 Å². The number of aliphatic imine (C=N–C) groups is 1. The van der Waals surface area contributed by atoms with Crippen LogP contribution in [0.4, 0.5) is 5.69 Å². The van der Waals surface area contributed by atoms with E-state index in [9.17, 15) is 0 Å². The summed E-state index contributed by atoms with van der Waals surface area (Å²) in [6.07, 6.45) is 4.69. The van der Waals surface area contributed by atoms with Crippen molar-refractivity contribution in [2.45, 2.75) is 32.6 Å².